The van der Waals surface area contributed by atoms with E-state index in [9.17, 15) is 19.8 Å². The molecule has 0 atom stereocenters. The van der Waals surface area contributed by atoms with Gasteiger partial charge in [-0.25, -0.2) is 4.79 Å². The Bertz CT molecular complexity index is 1250. The third-order valence-electron chi connectivity index (χ3n) is 5.97. The Kier molecular flexibility index (Phi) is 6.45. The minimum atomic E-state index is -1.42. The predicted molar refractivity (Wildman–Crippen MR) is 128 cm³/mol. The molecule has 0 saturated carbocycles. The maximum atomic E-state index is 12.4. The number of aryl methyl sites for hydroxylation is 2. The van der Waals surface area contributed by atoms with Crippen LogP contribution in [0.25, 0.3) is 22.2 Å². The Hall–Kier alpha value is -2.77. The number of aromatic amines is 1. The van der Waals surface area contributed by atoms with Gasteiger partial charge in [-0.3, -0.25) is 4.79 Å². The van der Waals surface area contributed by atoms with Gasteiger partial charge in [-0.2, -0.15) is 0 Å². The third kappa shape index (κ3) is 4.27. The van der Waals surface area contributed by atoms with Crippen LogP contribution in [0.5, 0.6) is 5.75 Å². The maximum absolute atomic E-state index is 12.4. The van der Waals surface area contributed by atoms with Gasteiger partial charge >= 0.3 is 5.97 Å². The Labute approximate surface area is 192 Å². The van der Waals surface area contributed by atoms with E-state index in [1.54, 1.807) is 0 Å². The van der Waals surface area contributed by atoms with E-state index in [1.807, 2.05) is 6.07 Å². The zero-order valence-corrected chi connectivity index (χ0v) is 19.7. The van der Waals surface area contributed by atoms with E-state index in [0.717, 1.165) is 53.7 Å². The first-order valence-electron chi connectivity index (χ1n) is 10.6. The number of aromatic carboxylic acids is 1. The molecule has 0 aliphatic heterocycles. The van der Waals surface area contributed by atoms with Crippen LogP contribution in [0.15, 0.2) is 23.0 Å². The smallest absolute Gasteiger partial charge is 0.345 e. The molecule has 4 rings (SSSR count). The van der Waals surface area contributed by atoms with Gasteiger partial charge in [-0.15, -0.1) is 12.4 Å². The van der Waals surface area contributed by atoms with Crippen LogP contribution < -0.4 is 10.9 Å². The lowest BCUT2D eigenvalue weighted by Gasteiger charge is -2.18. The highest BCUT2D eigenvalue weighted by molar-refractivity contribution is 5.93. The molecule has 2 aromatic heterocycles. The van der Waals surface area contributed by atoms with Crippen molar-refractivity contribution >= 4 is 29.3 Å². The molecule has 0 spiro atoms. The van der Waals surface area contributed by atoms with E-state index in [2.05, 4.69) is 54.8 Å². The number of nitrogens with zero attached hydrogens (tertiary/aromatic N) is 1. The fraction of sp³-hybridized carbons (Fsp3) is 0.417. The summed E-state index contributed by atoms with van der Waals surface area (Å²) < 4.78 is 2.19. The first-order valence-corrected chi connectivity index (χ1v) is 10.6. The molecule has 0 saturated heterocycles. The van der Waals surface area contributed by atoms with Crippen LogP contribution in [0.3, 0.4) is 0 Å². The zero-order chi connectivity index (χ0) is 22.5. The molecular formula is C24H30ClN3O4. The van der Waals surface area contributed by atoms with E-state index in [0.29, 0.717) is 17.7 Å². The van der Waals surface area contributed by atoms with Gasteiger partial charge in [0.1, 0.15) is 5.75 Å². The summed E-state index contributed by atoms with van der Waals surface area (Å²) in [6.07, 6.45) is 2.05. The van der Waals surface area contributed by atoms with Crippen LogP contribution in [-0.4, -0.2) is 32.3 Å². The lowest BCUT2D eigenvalue weighted by atomic mass is 9.97. The second kappa shape index (κ2) is 8.64. The molecule has 7 nitrogen and oxygen atoms in total. The molecule has 1 aromatic carbocycles. The number of aromatic hydroxyl groups is 1. The van der Waals surface area contributed by atoms with E-state index >= 15 is 0 Å². The number of halogens is 1. The quantitative estimate of drug-likeness (QED) is 0.472. The molecule has 1 aliphatic rings. The number of nitrogens with one attached hydrogen (secondary N) is 2. The molecule has 0 bridgehead atoms. The normalized spacial score (nSPS) is 13.2. The molecule has 1 aliphatic carbocycles. The van der Waals surface area contributed by atoms with Crippen molar-refractivity contribution in [2.45, 2.75) is 46.6 Å². The van der Waals surface area contributed by atoms with Crippen LogP contribution in [0, 0.1) is 5.41 Å². The van der Waals surface area contributed by atoms with Crippen molar-refractivity contribution in [1.29, 1.82) is 0 Å². The number of carboxylic acids is 1. The number of carboxylic acid groups (broad SMARTS) is 1. The number of carbonyl (C=O) groups is 1. The highest BCUT2D eigenvalue weighted by Crippen LogP contribution is 2.38. The molecule has 0 radical (unpaired) electrons. The van der Waals surface area contributed by atoms with Gasteiger partial charge in [-0.05, 0) is 48.4 Å². The minimum absolute atomic E-state index is 0. The number of hydrogen-bond acceptors (Lipinski definition) is 4. The van der Waals surface area contributed by atoms with E-state index in [4.69, 9.17) is 0 Å². The van der Waals surface area contributed by atoms with Gasteiger partial charge < -0.3 is 25.1 Å². The first kappa shape index (κ1) is 23.9. The molecule has 172 valence electrons. The summed E-state index contributed by atoms with van der Waals surface area (Å²) in [4.78, 5) is 26.6. The van der Waals surface area contributed by atoms with Crippen LogP contribution in [-0.2, 0) is 26.4 Å². The van der Waals surface area contributed by atoms with Crippen molar-refractivity contribution in [3.05, 3.63) is 50.9 Å². The highest BCUT2D eigenvalue weighted by Gasteiger charge is 2.26. The van der Waals surface area contributed by atoms with Crippen molar-refractivity contribution in [1.82, 2.24) is 14.9 Å². The minimum Gasteiger partial charge on any atom is -0.506 e. The molecule has 3 aromatic rings. The van der Waals surface area contributed by atoms with Gasteiger partial charge in [0.25, 0.3) is 5.56 Å². The average Bonchev–Trinajstić information content (AvgIpc) is 2.85. The molecule has 4 N–H and O–H groups in total. The van der Waals surface area contributed by atoms with E-state index < -0.39 is 22.8 Å². The standard InChI is InChI=1S/C24H29N3O4.ClH/c1-24(2,3)12-25-11-15-8-14-9-17-13(10-18(14)27(15)4)6-5-7-16-20(17)26-22(29)19(21(16)28)23(30)31;/h8-10,25H,5-7,11-12H2,1-4H3,(H,30,31)(H2,26,28,29);1H. The molecule has 8 heteroatoms. The number of pyridine rings is 1. The molecule has 0 amide bonds. The number of fused-ring (bicyclic) bond motifs is 4. The van der Waals surface area contributed by atoms with Crippen molar-refractivity contribution < 1.29 is 15.0 Å². The second-order valence-electron chi connectivity index (χ2n) is 9.62. The van der Waals surface area contributed by atoms with Gasteiger partial charge in [-0.1, -0.05) is 20.8 Å². The van der Waals surface area contributed by atoms with E-state index in [1.165, 1.54) is 0 Å². The van der Waals surface area contributed by atoms with Gasteiger partial charge in [0.15, 0.2) is 5.56 Å². The number of aromatic nitrogens is 2. The zero-order valence-electron chi connectivity index (χ0n) is 18.8. The maximum Gasteiger partial charge on any atom is 0.345 e. The molecular weight excluding hydrogens is 430 g/mol. The monoisotopic (exact) mass is 459 g/mol. The molecule has 0 fully saturated rings. The molecule has 2 heterocycles. The SMILES string of the molecule is Cl.Cn1c(CNCC(C)(C)C)cc2cc3c(cc21)CCCc1c-3[nH]c(=O)c(C(=O)O)c1O. The summed E-state index contributed by atoms with van der Waals surface area (Å²) in [5.41, 5.74) is 4.07. The van der Waals surface area contributed by atoms with Crippen LogP contribution >= 0.6 is 12.4 Å². The number of benzene rings is 1. The lowest BCUT2D eigenvalue weighted by molar-refractivity contribution is 0.0691. The summed E-state index contributed by atoms with van der Waals surface area (Å²) in [7, 11) is 2.06. The van der Waals surface area contributed by atoms with Gasteiger partial charge in [0.05, 0.1) is 5.69 Å². The van der Waals surface area contributed by atoms with Crippen molar-refractivity contribution in [3.63, 3.8) is 0 Å². The largest absolute Gasteiger partial charge is 0.506 e. The number of rotatable bonds is 4. The summed E-state index contributed by atoms with van der Waals surface area (Å²) >= 11 is 0. The predicted octanol–water partition coefficient (Wildman–Crippen LogP) is 3.98. The number of hydrogen-bond donors (Lipinski definition) is 4. The van der Waals surface area contributed by atoms with Gasteiger partial charge in [0.2, 0.25) is 0 Å². The Balaban J connectivity index is 0.00000289. The first-order chi connectivity index (χ1) is 14.6. The van der Waals surface area contributed by atoms with Gasteiger partial charge in [0, 0.05) is 47.9 Å². The summed E-state index contributed by atoms with van der Waals surface area (Å²) in [5.74, 6) is -1.84. The van der Waals surface area contributed by atoms with Crippen molar-refractivity contribution in [2.24, 2.45) is 12.5 Å². The average molecular weight is 460 g/mol. The Morgan fingerprint density at radius 2 is 1.94 bits per heavy atom. The second-order valence-corrected chi connectivity index (χ2v) is 9.62. The summed E-state index contributed by atoms with van der Waals surface area (Å²) in [5, 5.41) is 24.4. The molecule has 0 unspecified atom stereocenters. The third-order valence-corrected chi connectivity index (χ3v) is 5.97. The van der Waals surface area contributed by atoms with Crippen LogP contribution in [0.4, 0.5) is 0 Å². The topological polar surface area (TPSA) is 107 Å². The Morgan fingerprint density at radius 1 is 1.22 bits per heavy atom. The van der Waals surface area contributed by atoms with E-state index in [-0.39, 0.29) is 17.8 Å². The highest BCUT2D eigenvalue weighted by atomic mass is 35.5. The lowest BCUT2D eigenvalue weighted by Crippen LogP contribution is -2.27. The van der Waals surface area contributed by atoms with Crippen molar-refractivity contribution in [3.8, 4) is 17.0 Å². The molecule has 32 heavy (non-hydrogen) atoms. The Morgan fingerprint density at radius 3 is 2.59 bits per heavy atom. The summed E-state index contributed by atoms with van der Waals surface area (Å²) in [6.45, 7) is 8.25. The number of H-pyrrole nitrogens is 1. The van der Waals surface area contributed by atoms with Crippen LogP contribution in [0.2, 0.25) is 0 Å². The fourth-order valence-electron chi connectivity index (χ4n) is 4.42. The van der Waals surface area contributed by atoms with Crippen molar-refractivity contribution in [2.75, 3.05) is 6.54 Å². The van der Waals surface area contributed by atoms with Crippen LogP contribution in [0.1, 0.15) is 54.4 Å². The summed E-state index contributed by atoms with van der Waals surface area (Å²) in [6, 6.07) is 6.32. The fourth-order valence-corrected chi connectivity index (χ4v) is 4.42.